The Morgan fingerprint density at radius 1 is 1.14 bits per heavy atom. The molecule has 21 heavy (non-hydrogen) atoms. The van der Waals surface area contributed by atoms with E-state index in [0.717, 1.165) is 11.1 Å². The van der Waals surface area contributed by atoms with Crippen LogP contribution in [0.5, 0.6) is 5.75 Å². The molecule has 0 heterocycles. The van der Waals surface area contributed by atoms with Crippen molar-refractivity contribution in [3.05, 3.63) is 65.7 Å². The Bertz CT molecular complexity index is 611. The van der Waals surface area contributed by atoms with Crippen molar-refractivity contribution < 1.29 is 5.11 Å². The van der Waals surface area contributed by atoms with E-state index in [1.54, 1.807) is 30.5 Å². The third-order valence-electron chi connectivity index (χ3n) is 2.92. The minimum Gasteiger partial charge on any atom is -0.508 e. The van der Waals surface area contributed by atoms with Crippen LogP contribution in [0, 0.1) is 0 Å². The summed E-state index contributed by atoms with van der Waals surface area (Å²) in [4.78, 5) is 0. The standard InChI is InChI=1S/C16H17N3OS/c1-12(14-5-3-2-4-6-14)18-16(21)19-17-11-13-7-9-15(20)10-8-13/h2-12,20H,1H3,(H2,18,19,21)/b17-11+. The van der Waals surface area contributed by atoms with Crippen LogP contribution in [0.2, 0.25) is 0 Å². The topological polar surface area (TPSA) is 56.7 Å². The molecule has 4 nitrogen and oxygen atoms in total. The summed E-state index contributed by atoms with van der Waals surface area (Å²) in [7, 11) is 0. The lowest BCUT2D eigenvalue weighted by atomic mass is 10.1. The van der Waals surface area contributed by atoms with Crippen molar-refractivity contribution in [1.82, 2.24) is 10.7 Å². The Labute approximate surface area is 129 Å². The number of thiocarbonyl (C=S) groups is 1. The lowest BCUT2D eigenvalue weighted by molar-refractivity contribution is 0.475. The first-order chi connectivity index (χ1) is 10.1. The van der Waals surface area contributed by atoms with Gasteiger partial charge in [-0.15, -0.1) is 0 Å². The molecule has 1 atom stereocenters. The highest BCUT2D eigenvalue weighted by atomic mass is 32.1. The van der Waals surface area contributed by atoms with Gasteiger partial charge < -0.3 is 10.4 Å². The van der Waals surface area contributed by atoms with E-state index >= 15 is 0 Å². The van der Waals surface area contributed by atoms with Crippen molar-refractivity contribution in [3.8, 4) is 5.75 Å². The molecule has 0 aliphatic rings. The van der Waals surface area contributed by atoms with Gasteiger partial charge in [0, 0.05) is 0 Å². The normalized spacial score (nSPS) is 12.0. The second kappa shape index (κ2) is 7.40. The fourth-order valence-corrected chi connectivity index (χ4v) is 2.01. The Morgan fingerprint density at radius 3 is 2.48 bits per heavy atom. The summed E-state index contributed by atoms with van der Waals surface area (Å²) in [6.45, 7) is 2.03. The first kappa shape index (κ1) is 15.0. The van der Waals surface area contributed by atoms with Crippen molar-refractivity contribution >= 4 is 23.5 Å². The van der Waals surface area contributed by atoms with Crippen molar-refractivity contribution in [3.63, 3.8) is 0 Å². The van der Waals surface area contributed by atoms with Crippen LogP contribution >= 0.6 is 12.2 Å². The number of benzene rings is 2. The van der Waals surface area contributed by atoms with Crippen LogP contribution in [0.3, 0.4) is 0 Å². The number of hydrogen-bond acceptors (Lipinski definition) is 3. The van der Waals surface area contributed by atoms with Crippen LogP contribution in [0.1, 0.15) is 24.1 Å². The molecule has 0 saturated heterocycles. The fraction of sp³-hybridized carbons (Fsp3) is 0.125. The van der Waals surface area contributed by atoms with Gasteiger partial charge in [-0.25, -0.2) is 0 Å². The summed E-state index contributed by atoms with van der Waals surface area (Å²) < 4.78 is 0. The van der Waals surface area contributed by atoms with Gasteiger partial charge in [0.25, 0.3) is 0 Å². The molecule has 0 bridgehead atoms. The molecule has 3 N–H and O–H groups in total. The highest BCUT2D eigenvalue weighted by molar-refractivity contribution is 7.80. The summed E-state index contributed by atoms with van der Waals surface area (Å²) in [5.74, 6) is 0.231. The van der Waals surface area contributed by atoms with E-state index in [1.807, 2.05) is 37.3 Å². The maximum Gasteiger partial charge on any atom is 0.187 e. The average Bonchev–Trinajstić information content (AvgIpc) is 2.50. The third kappa shape index (κ3) is 4.89. The molecule has 2 rings (SSSR count). The molecular weight excluding hydrogens is 282 g/mol. The summed E-state index contributed by atoms with van der Waals surface area (Å²) in [6, 6.07) is 16.9. The van der Waals surface area contributed by atoms with Crippen molar-refractivity contribution in [2.45, 2.75) is 13.0 Å². The number of phenols is 1. The van der Waals surface area contributed by atoms with Gasteiger partial charge in [0.2, 0.25) is 0 Å². The van der Waals surface area contributed by atoms with Gasteiger partial charge in [-0.1, -0.05) is 30.3 Å². The van der Waals surface area contributed by atoms with Crippen molar-refractivity contribution in [1.29, 1.82) is 0 Å². The zero-order valence-electron chi connectivity index (χ0n) is 11.7. The predicted molar refractivity (Wildman–Crippen MR) is 89.4 cm³/mol. The number of hydrogen-bond donors (Lipinski definition) is 3. The predicted octanol–water partition coefficient (Wildman–Crippen LogP) is 2.95. The Hall–Kier alpha value is -2.40. The quantitative estimate of drug-likeness (QED) is 0.461. The third-order valence-corrected chi connectivity index (χ3v) is 3.13. The van der Waals surface area contributed by atoms with Gasteiger partial charge in [0.05, 0.1) is 12.3 Å². The summed E-state index contributed by atoms with van der Waals surface area (Å²) in [5.41, 5.74) is 4.80. The van der Waals surface area contributed by atoms with E-state index < -0.39 is 0 Å². The van der Waals surface area contributed by atoms with Gasteiger partial charge in [-0.2, -0.15) is 5.10 Å². The molecule has 0 fully saturated rings. The zero-order chi connectivity index (χ0) is 15.1. The lowest BCUT2D eigenvalue weighted by Gasteiger charge is -2.15. The number of aromatic hydroxyl groups is 1. The van der Waals surface area contributed by atoms with Crippen LogP contribution in [0.25, 0.3) is 0 Å². The summed E-state index contributed by atoms with van der Waals surface area (Å²) in [6.07, 6.45) is 1.64. The zero-order valence-corrected chi connectivity index (χ0v) is 12.5. The summed E-state index contributed by atoms with van der Waals surface area (Å²) >= 11 is 5.19. The van der Waals surface area contributed by atoms with E-state index in [0.29, 0.717) is 5.11 Å². The maximum absolute atomic E-state index is 9.19. The summed E-state index contributed by atoms with van der Waals surface area (Å²) in [5, 5.41) is 16.9. The van der Waals surface area contributed by atoms with Crippen LogP contribution < -0.4 is 10.7 Å². The van der Waals surface area contributed by atoms with E-state index in [4.69, 9.17) is 12.2 Å². The Balaban J connectivity index is 1.83. The minimum absolute atomic E-state index is 0.107. The highest BCUT2D eigenvalue weighted by Crippen LogP contribution is 2.10. The number of rotatable bonds is 4. The van der Waals surface area contributed by atoms with Crippen LogP contribution in [-0.2, 0) is 0 Å². The minimum atomic E-state index is 0.107. The van der Waals surface area contributed by atoms with Gasteiger partial charge in [0.1, 0.15) is 5.75 Å². The Kier molecular flexibility index (Phi) is 5.29. The molecule has 0 radical (unpaired) electrons. The first-order valence-corrected chi connectivity index (χ1v) is 6.99. The molecule has 0 spiro atoms. The molecule has 1 unspecified atom stereocenters. The number of phenolic OH excluding ortho intramolecular Hbond substituents is 1. The number of nitrogens with zero attached hydrogens (tertiary/aromatic N) is 1. The van der Waals surface area contributed by atoms with Gasteiger partial charge >= 0.3 is 0 Å². The lowest BCUT2D eigenvalue weighted by Crippen LogP contribution is -2.34. The molecule has 0 saturated carbocycles. The van der Waals surface area contributed by atoms with Gasteiger partial charge in [0.15, 0.2) is 5.11 Å². The van der Waals surface area contributed by atoms with Crippen molar-refractivity contribution in [2.24, 2.45) is 5.10 Å². The molecule has 0 aliphatic carbocycles. The molecule has 2 aromatic carbocycles. The second-order valence-electron chi connectivity index (χ2n) is 4.57. The second-order valence-corrected chi connectivity index (χ2v) is 4.98. The van der Waals surface area contributed by atoms with Crippen LogP contribution in [0.15, 0.2) is 59.7 Å². The average molecular weight is 299 g/mol. The van der Waals surface area contributed by atoms with Gasteiger partial charge in [-0.3, -0.25) is 5.43 Å². The number of nitrogens with one attached hydrogen (secondary N) is 2. The Morgan fingerprint density at radius 2 is 1.81 bits per heavy atom. The maximum atomic E-state index is 9.19. The van der Waals surface area contributed by atoms with Crippen molar-refractivity contribution in [2.75, 3.05) is 0 Å². The van der Waals surface area contributed by atoms with E-state index in [9.17, 15) is 5.11 Å². The molecular formula is C16H17N3OS. The molecule has 0 aromatic heterocycles. The smallest absolute Gasteiger partial charge is 0.187 e. The molecule has 0 aliphatic heterocycles. The van der Waals surface area contributed by atoms with Crippen LogP contribution in [-0.4, -0.2) is 16.4 Å². The first-order valence-electron chi connectivity index (χ1n) is 6.58. The molecule has 2 aromatic rings. The van der Waals surface area contributed by atoms with Crippen LogP contribution in [0.4, 0.5) is 0 Å². The fourth-order valence-electron chi connectivity index (χ4n) is 1.78. The van der Waals surface area contributed by atoms with E-state index in [2.05, 4.69) is 15.8 Å². The van der Waals surface area contributed by atoms with E-state index in [-0.39, 0.29) is 11.8 Å². The largest absolute Gasteiger partial charge is 0.508 e. The number of hydrazone groups is 1. The highest BCUT2D eigenvalue weighted by Gasteiger charge is 2.05. The monoisotopic (exact) mass is 299 g/mol. The molecule has 0 amide bonds. The molecule has 108 valence electrons. The molecule has 5 heteroatoms. The SMILES string of the molecule is CC(NC(=S)N/N=C/c1ccc(O)cc1)c1ccccc1. The van der Waals surface area contributed by atoms with Gasteiger partial charge in [-0.05, 0) is 54.5 Å². The van der Waals surface area contributed by atoms with E-state index in [1.165, 1.54) is 0 Å².